The maximum atomic E-state index is 13.6. The molecule has 1 saturated carbocycles. The van der Waals surface area contributed by atoms with Crippen LogP contribution in [-0.2, 0) is 24.2 Å². The first-order valence-electron chi connectivity index (χ1n) is 12.2. The Hall–Kier alpha value is -2.36. The minimum absolute atomic E-state index is 0.129. The van der Waals surface area contributed by atoms with Gasteiger partial charge in [0.25, 0.3) is 0 Å². The van der Waals surface area contributed by atoms with Crippen LogP contribution in [0, 0.1) is 18.2 Å². The predicted octanol–water partition coefficient (Wildman–Crippen LogP) is 6.06. The molecule has 0 unspecified atom stereocenters. The SMILES string of the molecule is Cc1cc(N2CCc3cc(F)ccc3C2)cc(C2CCCC2)c1CC(C)(C)CCNC=O. The lowest BCUT2D eigenvalue weighted by Crippen LogP contribution is -2.31. The average molecular weight is 437 g/mol. The van der Waals surface area contributed by atoms with Crippen LogP contribution >= 0.6 is 0 Å². The van der Waals surface area contributed by atoms with Crippen LogP contribution in [0.1, 0.15) is 79.7 Å². The Labute approximate surface area is 192 Å². The molecule has 172 valence electrons. The number of amides is 1. The van der Waals surface area contributed by atoms with Gasteiger partial charge in [-0.2, -0.15) is 0 Å². The van der Waals surface area contributed by atoms with Gasteiger partial charge in [0.2, 0.25) is 6.41 Å². The molecule has 1 N–H and O–H groups in total. The van der Waals surface area contributed by atoms with E-state index in [1.165, 1.54) is 48.1 Å². The monoisotopic (exact) mass is 436 g/mol. The summed E-state index contributed by atoms with van der Waals surface area (Å²) < 4.78 is 13.6. The van der Waals surface area contributed by atoms with Crippen LogP contribution in [0.25, 0.3) is 0 Å². The largest absolute Gasteiger partial charge is 0.367 e. The van der Waals surface area contributed by atoms with Crippen molar-refractivity contribution < 1.29 is 9.18 Å². The van der Waals surface area contributed by atoms with Gasteiger partial charge >= 0.3 is 0 Å². The molecule has 1 fully saturated rings. The molecular weight excluding hydrogens is 399 g/mol. The number of anilines is 1. The molecule has 4 rings (SSSR count). The average Bonchev–Trinajstić information content (AvgIpc) is 3.29. The molecule has 32 heavy (non-hydrogen) atoms. The van der Waals surface area contributed by atoms with Crippen molar-refractivity contribution in [1.82, 2.24) is 5.32 Å². The number of fused-ring (bicyclic) bond motifs is 1. The molecule has 1 aliphatic heterocycles. The van der Waals surface area contributed by atoms with Gasteiger partial charge < -0.3 is 10.2 Å². The fraction of sp³-hybridized carbons (Fsp3) is 0.536. The van der Waals surface area contributed by atoms with E-state index in [0.717, 1.165) is 50.9 Å². The maximum Gasteiger partial charge on any atom is 0.207 e. The van der Waals surface area contributed by atoms with Gasteiger partial charge in [0.1, 0.15) is 5.82 Å². The summed E-state index contributed by atoms with van der Waals surface area (Å²) >= 11 is 0. The Kier molecular flexibility index (Phi) is 6.88. The summed E-state index contributed by atoms with van der Waals surface area (Å²) in [5.41, 5.74) is 8.26. The smallest absolute Gasteiger partial charge is 0.207 e. The van der Waals surface area contributed by atoms with Crippen LogP contribution in [0.15, 0.2) is 30.3 Å². The highest BCUT2D eigenvalue weighted by molar-refractivity contribution is 5.57. The minimum Gasteiger partial charge on any atom is -0.367 e. The fourth-order valence-electron chi connectivity index (χ4n) is 5.63. The highest BCUT2D eigenvalue weighted by Crippen LogP contribution is 2.41. The van der Waals surface area contributed by atoms with Crippen LogP contribution < -0.4 is 10.2 Å². The van der Waals surface area contributed by atoms with Gasteiger partial charge in [-0.1, -0.05) is 32.8 Å². The topological polar surface area (TPSA) is 32.3 Å². The lowest BCUT2D eigenvalue weighted by molar-refractivity contribution is -0.109. The highest BCUT2D eigenvalue weighted by Gasteiger charge is 2.27. The van der Waals surface area contributed by atoms with Gasteiger partial charge in [0, 0.05) is 25.3 Å². The second kappa shape index (κ2) is 9.64. The maximum absolute atomic E-state index is 13.6. The third-order valence-electron chi connectivity index (χ3n) is 7.52. The quantitative estimate of drug-likeness (QED) is 0.403. The van der Waals surface area contributed by atoms with Crippen LogP contribution in [0.5, 0.6) is 0 Å². The summed E-state index contributed by atoms with van der Waals surface area (Å²) in [6.45, 7) is 9.39. The lowest BCUT2D eigenvalue weighted by atomic mass is 9.77. The zero-order valence-electron chi connectivity index (χ0n) is 19.8. The van der Waals surface area contributed by atoms with Crippen molar-refractivity contribution in [2.75, 3.05) is 18.0 Å². The number of nitrogens with one attached hydrogen (secondary N) is 1. The van der Waals surface area contributed by atoms with Crippen molar-refractivity contribution in [1.29, 1.82) is 0 Å². The molecule has 2 aromatic carbocycles. The number of rotatable bonds is 8. The molecule has 1 amide bonds. The molecule has 0 bridgehead atoms. The van der Waals surface area contributed by atoms with Crippen molar-refractivity contribution >= 4 is 12.1 Å². The number of halogens is 1. The van der Waals surface area contributed by atoms with Crippen LogP contribution in [0.4, 0.5) is 10.1 Å². The molecule has 0 aromatic heterocycles. The van der Waals surface area contributed by atoms with E-state index in [-0.39, 0.29) is 11.2 Å². The summed E-state index contributed by atoms with van der Waals surface area (Å²) in [6, 6.07) is 10.1. The molecule has 3 nitrogen and oxygen atoms in total. The van der Waals surface area contributed by atoms with E-state index in [1.807, 2.05) is 6.07 Å². The number of nitrogens with zero attached hydrogens (tertiary/aromatic N) is 1. The number of carbonyl (C=O) groups is 1. The Bertz CT molecular complexity index is 962. The third-order valence-corrected chi connectivity index (χ3v) is 7.52. The standard InChI is InChI=1S/C28H37FN2O/c1-20-14-25(31-13-10-22-15-24(29)9-8-23(22)18-31)16-26(21-6-4-5-7-21)27(20)17-28(2,3)11-12-30-19-32/h8-9,14-16,19,21H,4-7,10-13,17-18H2,1-3H3,(H,30,32). The van der Waals surface area contributed by atoms with E-state index in [1.54, 1.807) is 17.7 Å². The highest BCUT2D eigenvalue weighted by atomic mass is 19.1. The molecule has 0 atom stereocenters. The molecule has 0 spiro atoms. The van der Waals surface area contributed by atoms with Crippen molar-refractivity contribution in [3.63, 3.8) is 0 Å². The Morgan fingerprint density at radius 2 is 1.94 bits per heavy atom. The zero-order valence-corrected chi connectivity index (χ0v) is 19.8. The van der Waals surface area contributed by atoms with Gasteiger partial charge in [-0.15, -0.1) is 0 Å². The number of hydrogen-bond acceptors (Lipinski definition) is 2. The Balaban J connectivity index is 1.63. The van der Waals surface area contributed by atoms with E-state index >= 15 is 0 Å². The third kappa shape index (κ3) is 5.16. The second-order valence-corrected chi connectivity index (χ2v) is 10.6. The summed E-state index contributed by atoms with van der Waals surface area (Å²) in [4.78, 5) is 13.1. The van der Waals surface area contributed by atoms with E-state index < -0.39 is 0 Å². The summed E-state index contributed by atoms with van der Waals surface area (Å²) in [5.74, 6) is 0.519. The molecule has 2 aromatic rings. The Morgan fingerprint density at radius 1 is 1.16 bits per heavy atom. The fourth-order valence-corrected chi connectivity index (χ4v) is 5.63. The molecule has 2 aliphatic rings. The number of aryl methyl sites for hydroxylation is 1. The zero-order chi connectivity index (χ0) is 22.7. The van der Waals surface area contributed by atoms with Crippen molar-refractivity contribution in [3.8, 4) is 0 Å². The van der Waals surface area contributed by atoms with Crippen molar-refractivity contribution in [2.24, 2.45) is 5.41 Å². The van der Waals surface area contributed by atoms with E-state index in [4.69, 9.17) is 0 Å². The van der Waals surface area contributed by atoms with Crippen LogP contribution in [-0.4, -0.2) is 19.5 Å². The van der Waals surface area contributed by atoms with Gasteiger partial charge in [-0.3, -0.25) is 4.79 Å². The number of benzene rings is 2. The van der Waals surface area contributed by atoms with Gasteiger partial charge in [-0.25, -0.2) is 4.39 Å². The Morgan fingerprint density at radius 3 is 2.69 bits per heavy atom. The first-order valence-corrected chi connectivity index (χ1v) is 12.2. The van der Waals surface area contributed by atoms with Gasteiger partial charge in [-0.05, 0) is 102 Å². The van der Waals surface area contributed by atoms with Crippen molar-refractivity contribution in [2.45, 2.75) is 78.2 Å². The van der Waals surface area contributed by atoms with E-state index in [2.05, 4.69) is 43.1 Å². The predicted molar refractivity (Wildman–Crippen MR) is 130 cm³/mol. The molecular formula is C28H37FN2O. The molecule has 0 radical (unpaired) electrons. The van der Waals surface area contributed by atoms with E-state index in [9.17, 15) is 9.18 Å². The van der Waals surface area contributed by atoms with E-state index in [0.29, 0.717) is 5.92 Å². The normalized spacial score (nSPS) is 16.8. The minimum atomic E-state index is -0.133. The second-order valence-electron chi connectivity index (χ2n) is 10.6. The van der Waals surface area contributed by atoms with Gasteiger partial charge in [0.15, 0.2) is 0 Å². The first-order chi connectivity index (χ1) is 15.4. The van der Waals surface area contributed by atoms with Crippen LogP contribution in [0.3, 0.4) is 0 Å². The summed E-state index contributed by atoms with van der Waals surface area (Å²) in [6.07, 6.45) is 8.90. The number of hydrogen-bond donors (Lipinski definition) is 1. The van der Waals surface area contributed by atoms with Crippen molar-refractivity contribution in [3.05, 3.63) is 64.0 Å². The van der Waals surface area contributed by atoms with Gasteiger partial charge in [0.05, 0.1) is 0 Å². The lowest BCUT2D eigenvalue weighted by Gasteiger charge is -2.34. The number of carbonyl (C=O) groups excluding carboxylic acids is 1. The molecule has 0 saturated heterocycles. The molecule has 1 aliphatic carbocycles. The summed E-state index contributed by atoms with van der Waals surface area (Å²) in [7, 11) is 0. The molecule has 1 heterocycles. The molecule has 4 heteroatoms. The van der Waals surface area contributed by atoms with Crippen LogP contribution in [0.2, 0.25) is 0 Å². The first kappa shape index (κ1) is 22.8. The summed E-state index contributed by atoms with van der Waals surface area (Å²) in [5, 5.41) is 2.83.